The highest BCUT2D eigenvalue weighted by Gasteiger charge is 2.31. The summed E-state index contributed by atoms with van der Waals surface area (Å²) in [5.41, 5.74) is 0.683. The van der Waals surface area contributed by atoms with Gasteiger partial charge in [-0.05, 0) is 44.4 Å². The molecule has 2 aliphatic heterocycles. The van der Waals surface area contributed by atoms with E-state index < -0.39 is 5.97 Å². The summed E-state index contributed by atoms with van der Waals surface area (Å²) in [5.74, 6) is -1.06. The molecule has 1 atom stereocenters. The topological polar surface area (TPSA) is 43.8 Å². The third-order valence-corrected chi connectivity index (χ3v) is 4.98. The first-order valence-electron chi connectivity index (χ1n) is 8.11. The number of anilines is 1. The zero-order valence-electron chi connectivity index (χ0n) is 12.7. The van der Waals surface area contributed by atoms with E-state index in [2.05, 4.69) is 9.80 Å². The van der Waals surface area contributed by atoms with Crippen molar-refractivity contribution in [3.8, 4) is 0 Å². The highest BCUT2D eigenvalue weighted by Crippen LogP contribution is 2.27. The smallest absolute Gasteiger partial charge is 0.307 e. The summed E-state index contributed by atoms with van der Waals surface area (Å²) >= 11 is 0. The van der Waals surface area contributed by atoms with Crippen LogP contribution in [0.4, 0.5) is 10.1 Å². The third kappa shape index (κ3) is 3.24. The summed E-state index contributed by atoms with van der Waals surface area (Å²) in [6, 6.07) is 7.35. The summed E-state index contributed by atoms with van der Waals surface area (Å²) in [7, 11) is 0. The first-order valence-corrected chi connectivity index (χ1v) is 8.11. The minimum absolute atomic E-state index is 0.162. The Bertz CT molecular complexity index is 529. The van der Waals surface area contributed by atoms with E-state index in [1.54, 1.807) is 6.07 Å². The van der Waals surface area contributed by atoms with Gasteiger partial charge in [0.15, 0.2) is 0 Å². The number of para-hydroxylation sites is 1. The molecule has 0 aliphatic carbocycles. The van der Waals surface area contributed by atoms with Crippen molar-refractivity contribution in [3.05, 3.63) is 30.1 Å². The molecular weight excluding hydrogens is 283 g/mol. The Hall–Kier alpha value is -1.62. The number of carboxylic acids is 1. The van der Waals surface area contributed by atoms with Crippen molar-refractivity contribution in [1.29, 1.82) is 0 Å². The van der Waals surface area contributed by atoms with E-state index in [1.165, 1.54) is 6.07 Å². The molecule has 3 rings (SSSR count). The number of piperidine rings is 2. The molecule has 0 saturated carbocycles. The first kappa shape index (κ1) is 15.3. The molecule has 0 aromatic heterocycles. The van der Waals surface area contributed by atoms with E-state index in [1.807, 2.05) is 12.1 Å². The molecule has 0 bridgehead atoms. The Morgan fingerprint density at radius 3 is 2.55 bits per heavy atom. The monoisotopic (exact) mass is 306 g/mol. The van der Waals surface area contributed by atoms with Crippen LogP contribution in [0.1, 0.15) is 25.7 Å². The van der Waals surface area contributed by atoms with Gasteiger partial charge in [-0.1, -0.05) is 12.1 Å². The number of benzene rings is 1. The number of carboxylic acid groups (broad SMARTS) is 1. The fourth-order valence-electron chi connectivity index (χ4n) is 3.72. The Labute approximate surface area is 130 Å². The van der Waals surface area contributed by atoms with Crippen molar-refractivity contribution in [2.24, 2.45) is 5.92 Å². The van der Waals surface area contributed by atoms with Gasteiger partial charge in [0.25, 0.3) is 0 Å². The van der Waals surface area contributed by atoms with E-state index in [4.69, 9.17) is 0 Å². The number of rotatable bonds is 3. The maximum absolute atomic E-state index is 13.8. The predicted molar refractivity (Wildman–Crippen MR) is 83.6 cm³/mol. The number of carbonyl (C=O) groups is 1. The largest absolute Gasteiger partial charge is 0.481 e. The molecular formula is C17H23FN2O2. The second-order valence-electron chi connectivity index (χ2n) is 6.34. The Morgan fingerprint density at radius 2 is 1.86 bits per heavy atom. The second-order valence-corrected chi connectivity index (χ2v) is 6.34. The van der Waals surface area contributed by atoms with Crippen LogP contribution in [-0.2, 0) is 4.79 Å². The van der Waals surface area contributed by atoms with Crippen LogP contribution in [0.3, 0.4) is 0 Å². The van der Waals surface area contributed by atoms with Crippen LogP contribution in [0.5, 0.6) is 0 Å². The number of nitrogens with zero attached hydrogens (tertiary/aromatic N) is 2. The zero-order valence-corrected chi connectivity index (χ0v) is 12.7. The standard InChI is InChI=1S/C17H23FN2O2/c18-15-5-1-2-6-16(15)19-10-7-14(8-11-19)20-9-3-4-13(12-20)17(21)22/h1-2,5-6,13-14H,3-4,7-12H2,(H,21,22). The molecule has 1 unspecified atom stereocenters. The summed E-state index contributed by atoms with van der Waals surface area (Å²) in [5, 5.41) is 9.20. The van der Waals surface area contributed by atoms with Crippen LogP contribution in [0.25, 0.3) is 0 Å². The molecule has 22 heavy (non-hydrogen) atoms. The molecule has 4 nitrogen and oxygen atoms in total. The average Bonchev–Trinajstić information content (AvgIpc) is 2.56. The van der Waals surface area contributed by atoms with Crippen LogP contribution >= 0.6 is 0 Å². The molecule has 5 heteroatoms. The van der Waals surface area contributed by atoms with Gasteiger partial charge < -0.3 is 10.0 Å². The lowest BCUT2D eigenvalue weighted by Gasteiger charge is -2.42. The van der Waals surface area contributed by atoms with Crippen molar-refractivity contribution >= 4 is 11.7 Å². The number of hydrogen-bond donors (Lipinski definition) is 1. The summed E-state index contributed by atoms with van der Waals surface area (Å²) in [6.07, 6.45) is 3.70. The normalized spacial score (nSPS) is 24.4. The maximum Gasteiger partial charge on any atom is 0.307 e. The molecule has 0 radical (unpaired) electrons. The van der Waals surface area contributed by atoms with E-state index in [0.29, 0.717) is 18.3 Å². The Morgan fingerprint density at radius 1 is 1.14 bits per heavy atom. The first-order chi connectivity index (χ1) is 10.6. The van der Waals surface area contributed by atoms with Gasteiger partial charge in [0.1, 0.15) is 5.82 Å². The highest BCUT2D eigenvalue weighted by atomic mass is 19.1. The fourth-order valence-corrected chi connectivity index (χ4v) is 3.72. The Balaban J connectivity index is 1.58. The molecule has 1 aromatic rings. The van der Waals surface area contributed by atoms with Crippen LogP contribution in [-0.4, -0.2) is 48.2 Å². The quantitative estimate of drug-likeness (QED) is 0.932. The van der Waals surface area contributed by atoms with Crippen molar-refractivity contribution in [2.45, 2.75) is 31.7 Å². The molecule has 2 fully saturated rings. The summed E-state index contributed by atoms with van der Waals surface area (Å²) in [6.45, 7) is 3.33. The van der Waals surface area contributed by atoms with Gasteiger partial charge in [-0.25, -0.2) is 4.39 Å². The molecule has 1 aromatic carbocycles. The van der Waals surface area contributed by atoms with Crippen molar-refractivity contribution in [2.75, 3.05) is 31.1 Å². The molecule has 2 saturated heterocycles. The maximum atomic E-state index is 13.8. The van der Waals surface area contributed by atoms with E-state index in [0.717, 1.165) is 45.3 Å². The van der Waals surface area contributed by atoms with Crippen molar-refractivity contribution in [3.63, 3.8) is 0 Å². The summed E-state index contributed by atoms with van der Waals surface area (Å²) < 4.78 is 13.8. The predicted octanol–water partition coefficient (Wildman–Crippen LogP) is 2.59. The van der Waals surface area contributed by atoms with Crippen LogP contribution in [0.2, 0.25) is 0 Å². The lowest BCUT2D eigenvalue weighted by atomic mass is 9.94. The number of halogens is 1. The van der Waals surface area contributed by atoms with Crippen molar-refractivity contribution < 1.29 is 14.3 Å². The SMILES string of the molecule is O=C(O)C1CCCN(C2CCN(c3ccccc3F)CC2)C1. The lowest BCUT2D eigenvalue weighted by Crippen LogP contribution is -2.49. The fraction of sp³-hybridized carbons (Fsp3) is 0.588. The van der Waals surface area contributed by atoms with Gasteiger partial charge in [0.2, 0.25) is 0 Å². The van der Waals surface area contributed by atoms with Gasteiger partial charge in [0.05, 0.1) is 11.6 Å². The number of likely N-dealkylation sites (tertiary alicyclic amines) is 1. The van der Waals surface area contributed by atoms with E-state index in [-0.39, 0.29) is 11.7 Å². The van der Waals surface area contributed by atoms with Crippen LogP contribution < -0.4 is 4.90 Å². The van der Waals surface area contributed by atoms with E-state index >= 15 is 0 Å². The van der Waals surface area contributed by atoms with Gasteiger partial charge in [-0.2, -0.15) is 0 Å². The zero-order chi connectivity index (χ0) is 15.5. The Kier molecular flexibility index (Phi) is 4.62. The van der Waals surface area contributed by atoms with Gasteiger partial charge >= 0.3 is 5.97 Å². The third-order valence-electron chi connectivity index (χ3n) is 4.98. The van der Waals surface area contributed by atoms with E-state index in [9.17, 15) is 14.3 Å². The average molecular weight is 306 g/mol. The molecule has 120 valence electrons. The van der Waals surface area contributed by atoms with Crippen LogP contribution in [0, 0.1) is 11.7 Å². The highest BCUT2D eigenvalue weighted by molar-refractivity contribution is 5.70. The van der Waals surface area contributed by atoms with Gasteiger partial charge in [-0.3, -0.25) is 9.69 Å². The molecule has 0 amide bonds. The molecule has 2 heterocycles. The van der Waals surface area contributed by atoms with Crippen LogP contribution in [0.15, 0.2) is 24.3 Å². The van der Waals surface area contributed by atoms with Gasteiger partial charge in [-0.15, -0.1) is 0 Å². The molecule has 0 spiro atoms. The van der Waals surface area contributed by atoms with Crippen molar-refractivity contribution in [1.82, 2.24) is 4.90 Å². The molecule has 1 N–H and O–H groups in total. The van der Waals surface area contributed by atoms with Gasteiger partial charge in [0, 0.05) is 25.7 Å². The minimum atomic E-state index is -0.673. The molecule has 2 aliphatic rings. The number of aliphatic carboxylic acids is 1. The second kappa shape index (κ2) is 6.65. The minimum Gasteiger partial charge on any atom is -0.481 e. The summed E-state index contributed by atoms with van der Waals surface area (Å²) in [4.78, 5) is 15.6. The lowest BCUT2D eigenvalue weighted by molar-refractivity contribution is -0.144. The number of hydrogen-bond acceptors (Lipinski definition) is 3.